The van der Waals surface area contributed by atoms with E-state index in [1.54, 1.807) is 0 Å². The Morgan fingerprint density at radius 2 is 1.86 bits per heavy atom. The van der Waals surface area contributed by atoms with Crippen molar-refractivity contribution in [3.8, 4) is 0 Å². The van der Waals surface area contributed by atoms with Gasteiger partial charge in [0.2, 0.25) is 0 Å². The van der Waals surface area contributed by atoms with Gasteiger partial charge in [-0.25, -0.2) is 4.39 Å². The summed E-state index contributed by atoms with van der Waals surface area (Å²) in [5.41, 5.74) is 0. The van der Waals surface area contributed by atoms with Gasteiger partial charge < -0.3 is 0 Å². The molecule has 0 aliphatic rings. The molecular formula is C6H4F. The standard InChI is InChI=1S/C6H4F/c7-6-4-2-1-3-5-6/h2-5H. The van der Waals surface area contributed by atoms with E-state index in [0.29, 0.717) is 0 Å². The molecule has 0 nitrogen and oxygen atoms in total. The molecule has 0 N–H and O–H groups in total. The third kappa shape index (κ3) is 1.000. The number of benzene rings is 1. The van der Waals surface area contributed by atoms with Gasteiger partial charge >= 0.3 is 0 Å². The molecule has 1 aromatic carbocycles. The molecule has 1 rings (SSSR count). The fourth-order valence-electron chi connectivity index (χ4n) is 0.367. The Kier molecular flexibility index (Phi) is 1.07. The maximum Gasteiger partial charge on any atom is 0.123 e. The molecule has 35 valence electrons. The van der Waals surface area contributed by atoms with Gasteiger partial charge in [0, 0.05) is 0 Å². The molecule has 0 fully saturated rings. The van der Waals surface area contributed by atoms with Gasteiger partial charge in [-0.05, 0) is 18.2 Å². The highest BCUT2D eigenvalue weighted by atomic mass is 19.1. The van der Waals surface area contributed by atoms with Crippen molar-refractivity contribution in [2.75, 3.05) is 0 Å². The molecule has 7 heavy (non-hydrogen) atoms. The van der Waals surface area contributed by atoms with Crippen LogP contribution >= 0.6 is 0 Å². The average molecular weight is 95.1 g/mol. The second kappa shape index (κ2) is 1.73. The predicted octanol–water partition coefficient (Wildman–Crippen LogP) is 1.63. The number of hydrogen-bond acceptors (Lipinski definition) is 0. The fraction of sp³-hybridized carbons (Fsp3) is 0. The van der Waals surface area contributed by atoms with E-state index in [1.807, 2.05) is 0 Å². The van der Waals surface area contributed by atoms with Gasteiger partial charge in [0.1, 0.15) is 5.82 Å². The highest BCUT2D eigenvalue weighted by Gasteiger charge is 1.77. The zero-order chi connectivity index (χ0) is 5.11. The topological polar surface area (TPSA) is 0 Å². The Labute approximate surface area is 41.6 Å². The molecular weight excluding hydrogens is 91.1 g/mol. The van der Waals surface area contributed by atoms with Crippen LogP contribution in [-0.2, 0) is 0 Å². The van der Waals surface area contributed by atoms with E-state index in [9.17, 15) is 4.39 Å². The van der Waals surface area contributed by atoms with Crippen molar-refractivity contribution in [3.63, 3.8) is 0 Å². The Balaban J connectivity index is 3.02. The van der Waals surface area contributed by atoms with Crippen LogP contribution < -0.4 is 0 Å². The first-order chi connectivity index (χ1) is 3.39. The van der Waals surface area contributed by atoms with Gasteiger partial charge in [-0.15, -0.1) is 0 Å². The Hall–Kier alpha value is -0.850. The first-order valence-corrected chi connectivity index (χ1v) is 2.01. The van der Waals surface area contributed by atoms with Crippen LogP contribution in [0.3, 0.4) is 0 Å². The molecule has 0 aliphatic carbocycles. The zero-order valence-corrected chi connectivity index (χ0v) is 3.69. The summed E-state index contributed by atoms with van der Waals surface area (Å²) in [6.45, 7) is 0. The summed E-state index contributed by atoms with van der Waals surface area (Å²) in [6.07, 6.45) is 0. The minimum atomic E-state index is -0.209. The Morgan fingerprint density at radius 3 is 2.14 bits per heavy atom. The smallest absolute Gasteiger partial charge is 0.123 e. The van der Waals surface area contributed by atoms with Crippen molar-refractivity contribution in [2.24, 2.45) is 0 Å². The van der Waals surface area contributed by atoms with Crippen molar-refractivity contribution < 1.29 is 4.39 Å². The molecule has 1 heteroatoms. The molecule has 0 aromatic heterocycles. The van der Waals surface area contributed by atoms with Gasteiger partial charge in [-0.3, -0.25) is 0 Å². The molecule has 0 aliphatic heterocycles. The van der Waals surface area contributed by atoms with Crippen molar-refractivity contribution in [1.82, 2.24) is 0 Å². The number of rotatable bonds is 0. The molecule has 1 radical (unpaired) electrons. The van der Waals surface area contributed by atoms with E-state index in [1.165, 1.54) is 24.3 Å². The van der Waals surface area contributed by atoms with Crippen molar-refractivity contribution in [2.45, 2.75) is 0 Å². The third-order valence-corrected chi connectivity index (χ3v) is 0.678. The average Bonchev–Trinajstić information content (AvgIpc) is 1.69. The van der Waals surface area contributed by atoms with Gasteiger partial charge in [0.25, 0.3) is 0 Å². The lowest BCUT2D eigenvalue weighted by Crippen LogP contribution is -1.64. The highest BCUT2D eigenvalue weighted by Crippen LogP contribution is 1.91. The maximum atomic E-state index is 11.9. The normalized spacial score (nSPS) is 8.71. The van der Waals surface area contributed by atoms with E-state index in [2.05, 4.69) is 6.07 Å². The van der Waals surface area contributed by atoms with Crippen LogP contribution in [0.5, 0.6) is 0 Å². The molecule has 0 saturated heterocycles. The molecule has 0 saturated carbocycles. The lowest BCUT2D eigenvalue weighted by Gasteiger charge is -1.77. The van der Waals surface area contributed by atoms with Gasteiger partial charge in [0.15, 0.2) is 0 Å². The summed E-state index contributed by atoms with van der Waals surface area (Å²) in [6, 6.07) is 8.49. The van der Waals surface area contributed by atoms with Crippen LogP contribution in [0.1, 0.15) is 0 Å². The first-order valence-electron chi connectivity index (χ1n) is 2.01. The monoisotopic (exact) mass is 95.0 g/mol. The van der Waals surface area contributed by atoms with Crippen LogP contribution in [0.4, 0.5) is 4.39 Å². The maximum absolute atomic E-state index is 11.9. The van der Waals surface area contributed by atoms with E-state index in [-0.39, 0.29) is 5.82 Å². The minimum absolute atomic E-state index is 0.209. The van der Waals surface area contributed by atoms with E-state index >= 15 is 0 Å². The molecule has 0 bridgehead atoms. The van der Waals surface area contributed by atoms with E-state index in [0.717, 1.165) is 0 Å². The Morgan fingerprint density at radius 1 is 1.29 bits per heavy atom. The highest BCUT2D eigenvalue weighted by molar-refractivity contribution is 5.00. The first kappa shape index (κ1) is 4.31. The van der Waals surface area contributed by atoms with Crippen LogP contribution in [0.25, 0.3) is 0 Å². The summed E-state index contributed by atoms with van der Waals surface area (Å²) in [4.78, 5) is 0. The molecule has 0 amide bonds. The summed E-state index contributed by atoms with van der Waals surface area (Å²) in [5.74, 6) is -0.209. The van der Waals surface area contributed by atoms with Crippen molar-refractivity contribution in [3.05, 3.63) is 36.1 Å². The fourth-order valence-corrected chi connectivity index (χ4v) is 0.367. The molecule has 0 heterocycles. The molecule has 0 unspecified atom stereocenters. The van der Waals surface area contributed by atoms with Crippen LogP contribution in [-0.4, -0.2) is 0 Å². The third-order valence-electron chi connectivity index (χ3n) is 0.678. The second-order valence-electron chi connectivity index (χ2n) is 1.22. The number of hydrogen-bond donors (Lipinski definition) is 0. The zero-order valence-electron chi connectivity index (χ0n) is 3.69. The number of halogens is 1. The van der Waals surface area contributed by atoms with Crippen LogP contribution in [0, 0.1) is 11.9 Å². The summed E-state index contributed by atoms with van der Waals surface area (Å²) < 4.78 is 11.9. The summed E-state index contributed by atoms with van der Waals surface area (Å²) in [7, 11) is 0. The van der Waals surface area contributed by atoms with Gasteiger partial charge in [0.05, 0.1) is 0 Å². The van der Waals surface area contributed by atoms with E-state index in [4.69, 9.17) is 0 Å². The largest absolute Gasteiger partial charge is 0.207 e. The second-order valence-corrected chi connectivity index (χ2v) is 1.22. The lowest BCUT2D eigenvalue weighted by atomic mass is 10.4. The molecule has 0 atom stereocenters. The van der Waals surface area contributed by atoms with Crippen molar-refractivity contribution in [1.29, 1.82) is 0 Å². The van der Waals surface area contributed by atoms with Gasteiger partial charge in [-0.2, -0.15) is 0 Å². The van der Waals surface area contributed by atoms with Crippen molar-refractivity contribution >= 4 is 0 Å². The quantitative estimate of drug-likeness (QED) is 0.459. The van der Waals surface area contributed by atoms with Crippen LogP contribution in [0.2, 0.25) is 0 Å². The molecule has 1 aromatic rings. The Bertz CT molecular complexity index is 134. The predicted molar refractivity (Wildman–Crippen MR) is 25.2 cm³/mol. The summed E-state index contributed by atoms with van der Waals surface area (Å²) >= 11 is 0. The SMILES string of the molecule is Fc1cc[c]cc1. The molecule has 0 spiro atoms. The summed E-state index contributed by atoms with van der Waals surface area (Å²) in [5, 5.41) is 0. The van der Waals surface area contributed by atoms with E-state index < -0.39 is 0 Å². The van der Waals surface area contributed by atoms with Crippen LogP contribution in [0.15, 0.2) is 24.3 Å². The lowest BCUT2D eigenvalue weighted by molar-refractivity contribution is 0.628. The minimum Gasteiger partial charge on any atom is -0.207 e. The van der Waals surface area contributed by atoms with Gasteiger partial charge in [-0.1, -0.05) is 12.1 Å².